The molecule has 0 saturated carbocycles. The number of nitrogens with zero attached hydrogens (tertiary/aromatic N) is 6. The van der Waals surface area contributed by atoms with Gasteiger partial charge < -0.3 is 4.85 Å². The van der Waals surface area contributed by atoms with Crippen LogP contribution in [0.25, 0.3) is 27.6 Å². The molecule has 3 aromatic heterocycles. The molecule has 0 aliphatic carbocycles. The molecule has 0 N–H and O–H groups in total. The van der Waals surface area contributed by atoms with Crippen molar-refractivity contribution >= 4 is 5.82 Å². The van der Waals surface area contributed by atoms with E-state index in [9.17, 15) is 0 Å². The van der Waals surface area contributed by atoms with E-state index in [2.05, 4.69) is 31.7 Å². The quantitative estimate of drug-likeness (QED) is 0.537. The SMILES string of the molecule is [C-]#[N+]c1cc(-c2cccc(-c3cc(C)nn3C)[n+]2C)n(C)n1. The summed E-state index contributed by atoms with van der Waals surface area (Å²) in [5.41, 5.74) is 5.01. The van der Waals surface area contributed by atoms with Gasteiger partial charge in [0.2, 0.25) is 11.4 Å². The fourth-order valence-electron chi connectivity index (χ4n) is 2.70. The second kappa shape index (κ2) is 5.11. The zero-order valence-electron chi connectivity index (χ0n) is 13.1. The molecule has 0 aliphatic heterocycles. The van der Waals surface area contributed by atoms with Crippen LogP contribution in [0.5, 0.6) is 0 Å². The summed E-state index contributed by atoms with van der Waals surface area (Å²) < 4.78 is 5.71. The second-order valence-corrected chi connectivity index (χ2v) is 5.27. The van der Waals surface area contributed by atoms with Crippen LogP contribution >= 0.6 is 0 Å². The van der Waals surface area contributed by atoms with Gasteiger partial charge >= 0.3 is 0 Å². The molecule has 6 nitrogen and oxygen atoms in total. The highest BCUT2D eigenvalue weighted by Crippen LogP contribution is 2.23. The third-order valence-electron chi connectivity index (χ3n) is 3.74. The van der Waals surface area contributed by atoms with Crippen LogP contribution < -0.4 is 4.57 Å². The van der Waals surface area contributed by atoms with E-state index in [0.717, 1.165) is 28.5 Å². The van der Waals surface area contributed by atoms with Crippen LogP contribution in [-0.2, 0) is 21.1 Å². The Hall–Kier alpha value is -2.94. The van der Waals surface area contributed by atoms with Crippen LogP contribution in [0.4, 0.5) is 5.82 Å². The van der Waals surface area contributed by atoms with Gasteiger partial charge in [-0.15, -0.1) is 0 Å². The van der Waals surface area contributed by atoms with Crippen LogP contribution in [0.2, 0.25) is 0 Å². The van der Waals surface area contributed by atoms with Gasteiger partial charge in [-0.25, -0.2) is 0 Å². The molecule has 0 aliphatic rings. The summed E-state index contributed by atoms with van der Waals surface area (Å²) in [5.74, 6) is 0.402. The summed E-state index contributed by atoms with van der Waals surface area (Å²) in [6, 6.07) is 9.97. The lowest BCUT2D eigenvalue weighted by molar-refractivity contribution is -0.649. The summed E-state index contributed by atoms with van der Waals surface area (Å²) in [7, 11) is 5.80. The summed E-state index contributed by atoms with van der Waals surface area (Å²) in [4.78, 5) is 3.40. The fraction of sp³-hybridized carbons (Fsp3) is 0.250. The minimum Gasteiger partial charge on any atom is -0.359 e. The second-order valence-electron chi connectivity index (χ2n) is 5.27. The number of rotatable bonds is 2. The molecule has 22 heavy (non-hydrogen) atoms. The van der Waals surface area contributed by atoms with Gasteiger partial charge in [-0.05, 0) is 30.2 Å². The summed E-state index contributed by atoms with van der Waals surface area (Å²) in [5, 5.41) is 8.61. The topological polar surface area (TPSA) is 43.9 Å². The number of aromatic nitrogens is 5. The molecule has 0 bridgehead atoms. The van der Waals surface area contributed by atoms with Crippen molar-refractivity contribution in [3.05, 3.63) is 47.4 Å². The molecule has 0 amide bonds. The Balaban J connectivity index is 2.20. The molecule has 110 valence electrons. The standard InChI is InChI=1S/C16H17N6/c1-11-9-14(21(4)18-11)12-7-6-8-13(20(12)3)15-10-16(17-2)19-22(15)5/h6-10H,1,3-5H3/q+1. The Morgan fingerprint density at radius 2 is 1.64 bits per heavy atom. The van der Waals surface area contributed by atoms with Gasteiger partial charge in [0, 0.05) is 19.2 Å². The Morgan fingerprint density at radius 1 is 1.05 bits per heavy atom. The van der Waals surface area contributed by atoms with Crippen LogP contribution in [0.3, 0.4) is 0 Å². The monoisotopic (exact) mass is 293 g/mol. The van der Waals surface area contributed by atoms with Gasteiger partial charge in [0.05, 0.1) is 12.7 Å². The molecule has 3 aromatic rings. The average Bonchev–Trinajstić information content (AvgIpc) is 3.01. The first kappa shape index (κ1) is 14.0. The van der Waals surface area contributed by atoms with E-state index in [1.54, 1.807) is 10.7 Å². The predicted molar refractivity (Wildman–Crippen MR) is 83.0 cm³/mol. The summed E-state index contributed by atoms with van der Waals surface area (Å²) in [6.45, 7) is 9.09. The average molecular weight is 293 g/mol. The molecule has 0 atom stereocenters. The number of hydrogen-bond donors (Lipinski definition) is 0. The minimum atomic E-state index is 0.402. The van der Waals surface area contributed by atoms with E-state index >= 15 is 0 Å². The Bertz CT molecular complexity index is 894. The van der Waals surface area contributed by atoms with Gasteiger partial charge in [0.1, 0.15) is 18.4 Å². The predicted octanol–water partition coefficient (Wildman–Crippen LogP) is 2.17. The molecular weight excluding hydrogens is 276 g/mol. The maximum atomic E-state index is 7.11. The van der Waals surface area contributed by atoms with Gasteiger partial charge in [-0.2, -0.15) is 14.3 Å². The lowest BCUT2D eigenvalue weighted by Gasteiger charge is -2.05. The number of aryl methyl sites for hydroxylation is 3. The van der Waals surface area contributed by atoms with Gasteiger partial charge in [-0.3, -0.25) is 4.68 Å². The third kappa shape index (κ3) is 2.17. The smallest absolute Gasteiger partial charge is 0.296 e. The highest BCUT2D eigenvalue weighted by Gasteiger charge is 2.22. The molecule has 3 rings (SSSR count). The summed E-state index contributed by atoms with van der Waals surface area (Å²) >= 11 is 0. The van der Waals surface area contributed by atoms with Crippen LogP contribution in [0.15, 0.2) is 30.3 Å². The van der Waals surface area contributed by atoms with Gasteiger partial charge in [0.15, 0.2) is 0 Å². The fourth-order valence-corrected chi connectivity index (χ4v) is 2.70. The van der Waals surface area contributed by atoms with Crippen molar-refractivity contribution in [3.8, 4) is 22.8 Å². The van der Waals surface area contributed by atoms with Crippen LogP contribution in [0, 0.1) is 13.5 Å². The molecule has 0 saturated heterocycles. The molecule has 0 spiro atoms. The van der Waals surface area contributed by atoms with Gasteiger partial charge in [0.25, 0.3) is 5.82 Å². The lowest BCUT2D eigenvalue weighted by atomic mass is 10.2. The van der Waals surface area contributed by atoms with Crippen molar-refractivity contribution in [2.24, 2.45) is 21.1 Å². The molecule has 0 fully saturated rings. The van der Waals surface area contributed by atoms with Crippen molar-refractivity contribution in [2.75, 3.05) is 0 Å². The van der Waals surface area contributed by atoms with Crippen molar-refractivity contribution in [1.82, 2.24) is 19.6 Å². The van der Waals surface area contributed by atoms with E-state index in [1.165, 1.54) is 0 Å². The van der Waals surface area contributed by atoms with E-state index in [1.807, 2.05) is 44.9 Å². The highest BCUT2D eigenvalue weighted by molar-refractivity contribution is 5.60. The van der Waals surface area contributed by atoms with Gasteiger partial charge in [-0.1, -0.05) is 6.57 Å². The zero-order chi connectivity index (χ0) is 15.9. The molecule has 0 radical (unpaired) electrons. The van der Waals surface area contributed by atoms with Crippen molar-refractivity contribution < 1.29 is 4.57 Å². The molecule has 3 heterocycles. The largest absolute Gasteiger partial charge is 0.359 e. The summed E-state index contributed by atoms with van der Waals surface area (Å²) in [6.07, 6.45) is 0. The number of hydrogen-bond acceptors (Lipinski definition) is 2. The molecule has 0 aromatic carbocycles. The Labute approximate surface area is 129 Å². The van der Waals surface area contributed by atoms with Crippen molar-refractivity contribution in [3.63, 3.8) is 0 Å². The Morgan fingerprint density at radius 3 is 2.14 bits per heavy atom. The van der Waals surface area contributed by atoms with E-state index in [4.69, 9.17) is 6.57 Å². The highest BCUT2D eigenvalue weighted by atomic mass is 15.3. The van der Waals surface area contributed by atoms with Crippen LogP contribution in [-0.4, -0.2) is 19.6 Å². The normalized spacial score (nSPS) is 10.7. The Kier molecular flexibility index (Phi) is 3.26. The zero-order valence-corrected chi connectivity index (χ0v) is 13.1. The first-order valence-corrected chi connectivity index (χ1v) is 6.93. The lowest BCUT2D eigenvalue weighted by Crippen LogP contribution is -2.34. The molecule has 6 heteroatoms. The maximum Gasteiger partial charge on any atom is 0.296 e. The maximum absolute atomic E-state index is 7.11. The third-order valence-corrected chi connectivity index (χ3v) is 3.74. The first-order chi connectivity index (χ1) is 10.5. The molecule has 0 unspecified atom stereocenters. The minimum absolute atomic E-state index is 0.402. The first-order valence-electron chi connectivity index (χ1n) is 6.93. The van der Waals surface area contributed by atoms with Crippen molar-refractivity contribution in [1.29, 1.82) is 0 Å². The van der Waals surface area contributed by atoms with Crippen molar-refractivity contribution in [2.45, 2.75) is 6.92 Å². The van der Waals surface area contributed by atoms with E-state index in [-0.39, 0.29) is 0 Å². The van der Waals surface area contributed by atoms with E-state index in [0.29, 0.717) is 5.82 Å². The molecular formula is C16H17N6+. The van der Waals surface area contributed by atoms with Crippen LogP contribution in [0.1, 0.15) is 5.69 Å². The van der Waals surface area contributed by atoms with E-state index < -0.39 is 0 Å². The number of pyridine rings is 1.